The maximum Gasteiger partial charge on any atom is 0.306 e. The molecule has 28 heavy (non-hydrogen) atoms. The molecule has 1 atom stereocenters. The topological polar surface area (TPSA) is 61.2 Å². The molecule has 0 saturated carbocycles. The molecule has 5 heteroatoms. The van der Waals surface area contributed by atoms with Gasteiger partial charge in [-0.1, -0.05) is 36.4 Å². The minimum Gasteiger partial charge on any atom is -0.469 e. The maximum atomic E-state index is 13.7. The van der Waals surface area contributed by atoms with Crippen molar-refractivity contribution in [2.75, 3.05) is 7.11 Å². The van der Waals surface area contributed by atoms with Crippen molar-refractivity contribution in [1.82, 2.24) is 9.55 Å². The lowest BCUT2D eigenvalue weighted by atomic mass is 9.73. The zero-order chi connectivity index (χ0) is 19.5. The van der Waals surface area contributed by atoms with Gasteiger partial charge in [0.05, 0.1) is 30.0 Å². The Morgan fingerprint density at radius 2 is 1.75 bits per heavy atom. The summed E-state index contributed by atoms with van der Waals surface area (Å²) in [4.78, 5) is 30.6. The molecule has 0 N–H and O–H groups in total. The van der Waals surface area contributed by atoms with Gasteiger partial charge in [-0.05, 0) is 47.5 Å². The summed E-state index contributed by atoms with van der Waals surface area (Å²) in [6.45, 7) is 1.82. The third kappa shape index (κ3) is 2.16. The Kier molecular flexibility index (Phi) is 3.43. The Morgan fingerprint density at radius 1 is 1.07 bits per heavy atom. The number of carbonyl (C=O) groups is 2. The molecule has 1 aromatic heterocycles. The number of aromatic nitrogens is 2. The van der Waals surface area contributed by atoms with Gasteiger partial charge in [-0.25, -0.2) is 4.98 Å². The minimum atomic E-state index is -1.04. The number of benzene rings is 3. The molecule has 0 radical (unpaired) electrons. The van der Waals surface area contributed by atoms with Crippen LogP contribution in [0.1, 0.15) is 23.7 Å². The van der Waals surface area contributed by atoms with E-state index in [1.807, 2.05) is 61.5 Å². The zero-order valence-corrected chi connectivity index (χ0v) is 15.6. The summed E-state index contributed by atoms with van der Waals surface area (Å²) in [6.07, 6.45) is -0.0282. The summed E-state index contributed by atoms with van der Waals surface area (Å²) in [6, 6.07) is 19.6. The quantitative estimate of drug-likeness (QED) is 0.493. The van der Waals surface area contributed by atoms with Crippen molar-refractivity contribution in [2.45, 2.75) is 18.8 Å². The molecular weight excluding hydrogens is 352 g/mol. The number of methoxy groups -OCH3 is 1. The Balaban J connectivity index is 1.89. The standard InChI is InChI=1S/C23H18N2O3/c1-23(13-20(26)28-2)17-12-15-8-4-3-7-14(15)11-16(17)21-24-18-9-5-6-10-19(18)25(21)22(23)27/h3-12H,13H2,1-2H3. The first-order valence-corrected chi connectivity index (χ1v) is 9.16. The van der Waals surface area contributed by atoms with Crippen LogP contribution in [0.2, 0.25) is 0 Å². The van der Waals surface area contributed by atoms with Crippen molar-refractivity contribution in [3.05, 3.63) is 66.2 Å². The predicted molar refractivity (Wildman–Crippen MR) is 107 cm³/mol. The van der Waals surface area contributed by atoms with E-state index >= 15 is 0 Å². The molecule has 0 fully saturated rings. The smallest absolute Gasteiger partial charge is 0.306 e. The van der Waals surface area contributed by atoms with Crippen LogP contribution in [0.4, 0.5) is 0 Å². The zero-order valence-electron chi connectivity index (χ0n) is 15.6. The molecule has 1 aliphatic heterocycles. The fraction of sp³-hybridized carbons (Fsp3) is 0.174. The molecule has 5 nitrogen and oxygen atoms in total. The van der Waals surface area contributed by atoms with Gasteiger partial charge >= 0.3 is 5.97 Å². The Morgan fingerprint density at radius 3 is 2.50 bits per heavy atom. The van der Waals surface area contributed by atoms with Gasteiger partial charge in [0.1, 0.15) is 5.82 Å². The van der Waals surface area contributed by atoms with Gasteiger partial charge in [0, 0.05) is 5.56 Å². The number of hydrogen-bond donors (Lipinski definition) is 0. The van der Waals surface area contributed by atoms with Crippen molar-refractivity contribution in [3.8, 4) is 11.4 Å². The van der Waals surface area contributed by atoms with Gasteiger partial charge in [0.2, 0.25) is 5.91 Å². The van der Waals surface area contributed by atoms with Gasteiger partial charge in [-0.2, -0.15) is 0 Å². The van der Waals surface area contributed by atoms with Crippen LogP contribution in [-0.4, -0.2) is 28.5 Å². The van der Waals surface area contributed by atoms with Gasteiger partial charge in [0.15, 0.2) is 0 Å². The van der Waals surface area contributed by atoms with Crippen LogP contribution in [-0.2, 0) is 14.9 Å². The normalized spacial score (nSPS) is 18.1. The lowest BCUT2D eigenvalue weighted by molar-refractivity contribution is -0.141. The number of esters is 1. The molecule has 0 amide bonds. The summed E-state index contributed by atoms with van der Waals surface area (Å²) in [5, 5.41) is 2.09. The Bertz CT molecular complexity index is 1290. The maximum absolute atomic E-state index is 13.7. The van der Waals surface area contributed by atoms with Crippen molar-refractivity contribution in [3.63, 3.8) is 0 Å². The number of nitrogens with zero attached hydrogens (tertiary/aromatic N) is 2. The van der Waals surface area contributed by atoms with E-state index in [9.17, 15) is 9.59 Å². The monoisotopic (exact) mass is 370 g/mol. The second kappa shape index (κ2) is 5.76. The molecule has 1 unspecified atom stereocenters. The number of fused-ring (bicyclic) bond motifs is 6. The summed E-state index contributed by atoms with van der Waals surface area (Å²) < 4.78 is 6.56. The molecule has 4 aromatic rings. The molecule has 5 rings (SSSR count). The number of para-hydroxylation sites is 2. The number of carbonyl (C=O) groups excluding carboxylic acids is 2. The van der Waals surface area contributed by atoms with Crippen LogP contribution in [0.25, 0.3) is 33.2 Å². The van der Waals surface area contributed by atoms with E-state index in [1.54, 1.807) is 4.57 Å². The van der Waals surface area contributed by atoms with Gasteiger partial charge in [-0.3, -0.25) is 14.2 Å². The highest BCUT2D eigenvalue weighted by atomic mass is 16.5. The van der Waals surface area contributed by atoms with Gasteiger partial charge in [-0.15, -0.1) is 0 Å². The SMILES string of the molecule is COC(=O)CC1(C)C(=O)n2c(nc3ccccc32)-c2cc3ccccc3cc21. The van der Waals surface area contributed by atoms with E-state index in [0.717, 1.165) is 32.9 Å². The van der Waals surface area contributed by atoms with E-state index in [4.69, 9.17) is 9.72 Å². The van der Waals surface area contributed by atoms with E-state index in [2.05, 4.69) is 6.07 Å². The first-order valence-electron chi connectivity index (χ1n) is 9.16. The van der Waals surface area contributed by atoms with Crippen LogP contribution in [0.3, 0.4) is 0 Å². The molecule has 3 aromatic carbocycles. The third-order valence-corrected chi connectivity index (χ3v) is 5.68. The third-order valence-electron chi connectivity index (χ3n) is 5.68. The second-order valence-corrected chi connectivity index (χ2v) is 7.39. The molecule has 0 bridgehead atoms. The molecular formula is C23H18N2O3. The first kappa shape index (κ1) is 16.7. The molecule has 1 aliphatic rings. The van der Waals surface area contributed by atoms with E-state index in [1.165, 1.54) is 7.11 Å². The molecule has 2 heterocycles. The van der Waals surface area contributed by atoms with Gasteiger partial charge in [0.25, 0.3) is 0 Å². The van der Waals surface area contributed by atoms with E-state index in [0.29, 0.717) is 5.82 Å². The molecule has 0 saturated heterocycles. The number of rotatable bonds is 2. The number of ether oxygens (including phenoxy) is 1. The molecule has 0 aliphatic carbocycles. The van der Waals surface area contributed by atoms with E-state index < -0.39 is 11.4 Å². The van der Waals surface area contributed by atoms with Crippen LogP contribution in [0.15, 0.2) is 60.7 Å². The Labute approximate surface area is 161 Å². The fourth-order valence-corrected chi connectivity index (χ4v) is 4.19. The molecule has 138 valence electrons. The number of imidazole rings is 1. The summed E-state index contributed by atoms with van der Waals surface area (Å²) in [5.41, 5.74) is 2.15. The summed E-state index contributed by atoms with van der Waals surface area (Å²) in [5.74, 6) is 0.0431. The summed E-state index contributed by atoms with van der Waals surface area (Å²) >= 11 is 0. The lowest BCUT2D eigenvalue weighted by Crippen LogP contribution is -2.42. The first-order chi connectivity index (χ1) is 13.5. The predicted octanol–water partition coefficient (Wildman–Crippen LogP) is 4.33. The van der Waals surface area contributed by atoms with Crippen molar-refractivity contribution in [1.29, 1.82) is 0 Å². The minimum absolute atomic E-state index is 0.0282. The highest BCUT2D eigenvalue weighted by Gasteiger charge is 2.46. The van der Waals surface area contributed by atoms with Crippen LogP contribution in [0, 0.1) is 0 Å². The van der Waals surface area contributed by atoms with Crippen LogP contribution >= 0.6 is 0 Å². The van der Waals surface area contributed by atoms with Crippen molar-refractivity contribution in [2.24, 2.45) is 0 Å². The average Bonchev–Trinajstić information content (AvgIpc) is 3.11. The fourth-order valence-electron chi connectivity index (χ4n) is 4.19. The van der Waals surface area contributed by atoms with Crippen molar-refractivity contribution < 1.29 is 14.3 Å². The van der Waals surface area contributed by atoms with Gasteiger partial charge < -0.3 is 4.74 Å². The van der Waals surface area contributed by atoms with E-state index in [-0.39, 0.29) is 12.3 Å². The highest BCUT2D eigenvalue weighted by molar-refractivity contribution is 6.07. The largest absolute Gasteiger partial charge is 0.469 e. The van der Waals surface area contributed by atoms with Crippen molar-refractivity contribution >= 4 is 33.7 Å². The van der Waals surface area contributed by atoms with Crippen LogP contribution < -0.4 is 0 Å². The lowest BCUT2D eigenvalue weighted by Gasteiger charge is -2.34. The second-order valence-electron chi connectivity index (χ2n) is 7.39. The average molecular weight is 370 g/mol. The Hall–Kier alpha value is -3.47. The molecule has 0 spiro atoms. The summed E-state index contributed by atoms with van der Waals surface area (Å²) in [7, 11) is 1.35. The highest BCUT2D eigenvalue weighted by Crippen LogP contribution is 2.44. The number of hydrogen-bond acceptors (Lipinski definition) is 4. The van der Waals surface area contributed by atoms with Crippen LogP contribution in [0.5, 0.6) is 0 Å².